The van der Waals surface area contributed by atoms with Crippen LogP contribution in [0.3, 0.4) is 0 Å². The van der Waals surface area contributed by atoms with Gasteiger partial charge in [0.15, 0.2) is 6.73 Å². The van der Waals surface area contributed by atoms with Crippen molar-refractivity contribution in [3.8, 4) is 11.5 Å². The molecule has 0 fully saturated rings. The minimum absolute atomic E-state index is 0.233. The van der Waals surface area contributed by atoms with Crippen molar-refractivity contribution in [3.05, 3.63) is 106 Å². The Morgan fingerprint density at radius 2 is 1.71 bits per heavy atom. The molecular weight excluding hydrogens is 473 g/mol. The fraction of sp³-hybridized carbons (Fsp3) is 0.154. The molecule has 1 N–H and O–H groups in total. The molecule has 0 atom stereocenters. The number of anilines is 1. The van der Waals surface area contributed by atoms with Crippen LogP contribution in [0.1, 0.15) is 28.4 Å². The van der Waals surface area contributed by atoms with Gasteiger partial charge in [-0.2, -0.15) is 5.10 Å². The number of hydrogen-bond donors (Lipinski definition) is 1. The van der Waals surface area contributed by atoms with Crippen LogP contribution in [-0.4, -0.2) is 15.7 Å². The molecule has 3 aromatic carbocycles. The first-order chi connectivity index (χ1) is 16.5. The van der Waals surface area contributed by atoms with Gasteiger partial charge in [-0.1, -0.05) is 54.4 Å². The Kier molecular flexibility index (Phi) is 7.72. The van der Waals surface area contributed by atoms with Crippen molar-refractivity contribution < 1.29 is 14.3 Å². The first-order valence-electron chi connectivity index (χ1n) is 10.7. The molecule has 0 aliphatic carbocycles. The number of halogens is 2. The molecule has 0 spiro atoms. The van der Waals surface area contributed by atoms with Gasteiger partial charge in [-0.15, -0.1) is 0 Å². The van der Waals surface area contributed by atoms with Gasteiger partial charge in [0.25, 0.3) is 5.91 Å². The molecule has 0 unspecified atom stereocenters. The van der Waals surface area contributed by atoms with Crippen LogP contribution in [0.2, 0.25) is 10.0 Å². The van der Waals surface area contributed by atoms with Gasteiger partial charge < -0.3 is 14.8 Å². The first-order valence-corrected chi connectivity index (χ1v) is 11.5. The fourth-order valence-electron chi connectivity index (χ4n) is 3.17. The maximum absolute atomic E-state index is 12.6. The molecule has 6 nitrogen and oxygen atoms in total. The molecule has 0 bridgehead atoms. The number of aromatic nitrogens is 2. The monoisotopic (exact) mass is 495 g/mol. The van der Waals surface area contributed by atoms with Crippen LogP contribution >= 0.6 is 23.2 Å². The summed E-state index contributed by atoms with van der Waals surface area (Å²) in [4.78, 5) is 12.6. The third kappa shape index (κ3) is 6.31. The lowest BCUT2D eigenvalue weighted by atomic mass is 10.1. The van der Waals surface area contributed by atoms with E-state index in [2.05, 4.69) is 17.3 Å². The van der Waals surface area contributed by atoms with E-state index in [1.807, 2.05) is 36.4 Å². The number of benzene rings is 3. The normalized spacial score (nSPS) is 10.7. The molecule has 34 heavy (non-hydrogen) atoms. The lowest BCUT2D eigenvalue weighted by molar-refractivity contribution is 0.102. The van der Waals surface area contributed by atoms with Crippen LogP contribution in [0.15, 0.2) is 79.1 Å². The van der Waals surface area contributed by atoms with Crippen molar-refractivity contribution in [2.75, 3.05) is 5.32 Å². The van der Waals surface area contributed by atoms with Crippen molar-refractivity contribution >= 4 is 34.8 Å². The van der Waals surface area contributed by atoms with Gasteiger partial charge in [-0.05, 0) is 60.0 Å². The van der Waals surface area contributed by atoms with E-state index in [0.717, 1.165) is 17.7 Å². The van der Waals surface area contributed by atoms with Crippen LogP contribution in [0.4, 0.5) is 5.69 Å². The van der Waals surface area contributed by atoms with E-state index in [-0.39, 0.29) is 12.6 Å². The average Bonchev–Trinajstić information content (AvgIpc) is 3.30. The number of rotatable bonds is 9. The quantitative estimate of drug-likeness (QED) is 0.283. The lowest BCUT2D eigenvalue weighted by Crippen LogP contribution is -2.11. The van der Waals surface area contributed by atoms with Crippen LogP contribution in [0.25, 0.3) is 0 Å². The maximum atomic E-state index is 12.6. The lowest BCUT2D eigenvalue weighted by Gasteiger charge is -2.09. The topological polar surface area (TPSA) is 65.4 Å². The second-order valence-corrected chi connectivity index (χ2v) is 8.40. The minimum Gasteiger partial charge on any atom is -0.487 e. The first kappa shape index (κ1) is 23.7. The molecule has 174 valence electrons. The van der Waals surface area contributed by atoms with Crippen molar-refractivity contribution in [3.63, 3.8) is 0 Å². The number of carbonyl (C=O) groups is 1. The predicted octanol–water partition coefficient (Wildman–Crippen LogP) is 6.62. The summed E-state index contributed by atoms with van der Waals surface area (Å²) in [5.41, 5.74) is 3.26. The second-order valence-electron chi connectivity index (χ2n) is 7.55. The number of aryl methyl sites for hydroxylation is 1. The Balaban J connectivity index is 1.28. The number of ether oxygens (including phenoxy) is 2. The highest BCUT2D eigenvalue weighted by Crippen LogP contribution is 2.28. The Labute approximate surface area is 208 Å². The largest absolute Gasteiger partial charge is 0.487 e. The predicted molar refractivity (Wildman–Crippen MR) is 134 cm³/mol. The minimum atomic E-state index is -0.233. The van der Waals surface area contributed by atoms with Gasteiger partial charge in [-0.3, -0.25) is 4.79 Å². The highest BCUT2D eigenvalue weighted by molar-refractivity contribution is 6.35. The standard InChI is InChI=1S/C26H23Cl2N3O3/c1-2-18-5-10-23(11-6-18)34-17-31-15-22(14-29-31)30-26(32)20-7-3-19(4-8-20)16-33-25-12-9-21(27)13-24(25)28/h3-15H,2,16-17H2,1H3,(H,30,32). The Hall–Kier alpha value is -3.48. The number of carbonyl (C=O) groups excluding carboxylic acids is 1. The third-order valence-corrected chi connectivity index (χ3v) is 5.62. The van der Waals surface area contributed by atoms with Crippen molar-refractivity contribution in [1.82, 2.24) is 9.78 Å². The van der Waals surface area contributed by atoms with E-state index in [4.69, 9.17) is 32.7 Å². The molecule has 0 aliphatic heterocycles. The highest BCUT2D eigenvalue weighted by Gasteiger charge is 2.09. The van der Waals surface area contributed by atoms with E-state index in [1.54, 1.807) is 47.4 Å². The molecule has 0 saturated heterocycles. The summed E-state index contributed by atoms with van der Waals surface area (Å²) in [6, 6.07) is 20.2. The molecular formula is C26H23Cl2N3O3. The van der Waals surface area contributed by atoms with Gasteiger partial charge in [-0.25, -0.2) is 4.68 Å². The van der Waals surface area contributed by atoms with Gasteiger partial charge >= 0.3 is 0 Å². The van der Waals surface area contributed by atoms with Gasteiger partial charge in [0, 0.05) is 10.6 Å². The molecule has 0 aliphatic rings. The fourth-order valence-corrected chi connectivity index (χ4v) is 3.63. The molecule has 4 aromatic rings. The van der Waals surface area contributed by atoms with Crippen LogP contribution < -0.4 is 14.8 Å². The molecule has 1 heterocycles. The summed E-state index contributed by atoms with van der Waals surface area (Å²) < 4.78 is 13.1. The maximum Gasteiger partial charge on any atom is 0.255 e. The van der Waals surface area contributed by atoms with E-state index in [0.29, 0.717) is 33.7 Å². The SMILES string of the molecule is CCc1ccc(OCn2cc(NC(=O)c3ccc(COc4ccc(Cl)cc4Cl)cc3)cn2)cc1. The summed E-state index contributed by atoms with van der Waals surface area (Å²) in [6.45, 7) is 2.67. The van der Waals surface area contributed by atoms with Gasteiger partial charge in [0.05, 0.1) is 23.1 Å². The smallest absolute Gasteiger partial charge is 0.255 e. The van der Waals surface area contributed by atoms with E-state index in [1.165, 1.54) is 5.56 Å². The molecule has 1 amide bonds. The van der Waals surface area contributed by atoms with E-state index >= 15 is 0 Å². The number of amides is 1. The van der Waals surface area contributed by atoms with Gasteiger partial charge in [0.1, 0.15) is 18.1 Å². The number of hydrogen-bond acceptors (Lipinski definition) is 4. The van der Waals surface area contributed by atoms with E-state index < -0.39 is 0 Å². The molecule has 8 heteroatoms. The summed E-state index contributed by atoms with van der Waals surface area (Å²) >= 11 is 12.0. The second kappa shape index (κ2) is 11.1. The van der Waals surface area contributed by atoms with E-state index in [9.17, 15) is 4.79 Å². The Morgan fingerprint density at radius 1 is 0.971 bits per heavy atom. The highest BCUT2D eigenvalue weighted by atomic mass is 35.5. The van der Waals surface area contributed by atoms with Crippen molar-refractivity contribution in [1.29, 1.82) is 0 Å². The zero-order valence-electron chi connectivity index (χ0n) is 18.5. The van der Waals surface area contributed by atoms with Crippen LogP contribution in [0.5, 0.6) is 11.5 Å². The number of nitrogens with one attached hydrogen (secondary N) is 1. The summed E-state index contributed by atoms with van der Waals surface area (Å²) in [7, 11) is 0. The zero-order valence-corrected chi connectivity index (χ0v) is 20.0. The third-order valence-electron chi connectivity index (χ3n) is 5.09. The summed E-state index contributed by atoms with van der Waals surface area (Å²) in [5.74, 6) is 1.08. The zero-order chi connectivity index (χ0) is 23.9. The molecule has 0 saturated carbocycles. The molecule has 1 aromatic heterocycles. The van der Waals surface area contributed by atoms with Crippen LogP contribution in [0, 0.1) is 0 Å². The van der Waals surface area contributed by atoms with Gasteiger partial charge in [0.2, 0.25) is 0 Å². The Bertz CT molecular complexity index is 1260. The molecule has 0 radical (unpaired) electrons. The Morgan fingerprint density at radius 3 is 2.41 bits per heavy atom. The van der Waals surface area contributed by atoms with Crippen molar-refractivity contribution in [2.24, 2.45) is 0 Å². The average molecular weight is 496 g/mol. The van der Waals surface area contributed by atoms with Crippen molar-refractivity contribution in [2.45, 2.75) is 26.7 Å². The summed E-state index contributed by atoms with van der Waals surface area (Å²) in [5, 5.41) is 8.07. The van der Waals surface area contributed by atoms with Crippen LogP contribution in [-0.2, 0) is 19.8 Å². The number of nitrogens with zero attached hydrogens (tertiary/aromatic N) is 2. The summed E-state index contributed by atoms with van der Waals surface area (Å²) in [6.07, 6.45) is 4.28. The molecule has 4 rings (SSSR count).